The Morgan fingerprint density at radius 2 is 1.79 bits per heavy atom. The maximum Gasteiger partial charge on any atom is 0.162 e. The number of fused-ring (bicyclic) bond motifs is 2. The van der Waals surface area contributed by atoms with Crippen molar-refractivity contribution in [2.24, 2.45) is 0 Å². The maximum atomic E-state index is 5.54. The molecule has 2 aliphatic heterocycles. The van der Waals surface area contributed by atoms with Crippen LogP contribution in [0.2, 0.25) is 0 Å². The SMILES string of the molecule is COc1cc2c(cc1OC)C(NC1CCNCC1)=C1CCCC1N2. The molecule has 4 rings (SSSR count). The molecule has 0 amide bonds. The van der Waals surface area contributed by atoms with Crippen LogP contribution in [0.25, 0.3) is 5.70 Å². The predicted octanol–water partition coefficient (Wildman–Crippen LogP) is 2.73. The molecule has 1 atom stereocenters. The molecule has 24 heavy (non-hydrogen) atoms. The number of hydrogen-bond acceptors (Lipinski definition) is 5. The van der Waals surface area contributed by atoms with Crippen LogP contribution >= 0.6 is 0 Å². The fourth-order valence-electron chi connectivity index (χ4n) is 4.21. The fraction of sp³-hybridized carbons (Fsp3) is 0.579. The van der Waals surface area contributed by atoms with Crippen LogP contribution in [0.1, 0.15) is 37.7 Å². The number of anilines is 1. The summed E-state index contributed by atoms with van der Waals surface area (Å²) in [6, 6.07) is 5.20. The van der Waals surface area contributed by atoms with Crippen molar-refractivity contribution in [3.8, 4) is 11.5 Å². The molecule has 3 N–H and O–H groups in total. The molecule has 1 aliphatic carbocycles. The summed E-state index contributed by atoms with van der Waals surface area (Å²) in [5.41, 5.74) is 5.24. The van der Waals surface area contributed by atoms with Gasteiger partial charge in [0.15, 0.2) is 11.5 Å². The van der Waals surface area contributed by atoms with Gasteiger partial charge < -0.3 is 25.4 Å². The van der Waals surface area contributed by atoms with Crippen LogP contribution in [0.4, 0.5) is 5.69 Å². The molecule has 0 radical (unpaired) electrons. The Hall–Kier alpha value is -1.88. The summed E-state index contributed by atoms with van der Waals surface area (Å²) in [6.45, 7) is 2.20. The van der Waals surface area contributed by atoms with E-state index in [4.69, 9.17) is 9.47 Å². The summed E-state index contributed by atoms with van der Waals surface area (Å²) in [6.07, 6.45) is 6.00. The van der Waals surface area contributed by atoms with Gasteiger partial charge in [-0.2, -0.15) is 0 Å². The van der Waals surface area contributed by atoms with E-state index >= 15 is 0 Å². The Bertz CT molecular complexity index is 650. The summed E-state index contributed by atoms with van der Waals surface area (Å²) in [4.78, 5) is 0. The average Bonchev–Trinajstić information content (AvgIpc) is 3.09. The van der Waals surface area contributed by atoms with Crippen molar-refractivity contribution in [1.29, 1.82) is 0 Å². The molecular formula is C19H27N3O2. The molecule has 5 heteroatoms. The lowest BCUT2D eigenvalue weighted by Crippen LogP contribution is -2.40. The van der Waals surface area contributed by atoms with Crippen molar-refractivity contribution < 1.29 is 9.47 Å². The third-order valence-corrected chi connectivity index (χ3v) is 5.49. The molecule has 0 bridgehead atoms. The van der Waals surface area contributed by atoms with E-state index in [1.165, 1.54) is 48.9 Å². The van der Waals surface area contributed by atoms with Crippen LogP contribution < -0.4 is 25.4 Å². The first-order chi connectivity index (χ1) is 11.8. The van der Waals surface area contributed by atoms with Crippen molar-refractivity contribution in [2.75, 3.05) is 32.6 Å². The van der Waals surface area contributed by atoms with E-state index in [9.17, 15) is 0 Å². The van der Waals surface area contributed by atoms with Gasteiger partial charge in [0, 0.05) is 35.1 Å². The van der Waals surface area contributed by atoms with Crippen LogP contribution in [0.15, 0.2) is 17.7 Å². The number of piperidine rings is 1. The summed E-state index contributed by atoms with van der Waals surface area (Å²) in [7, 11) is 3.39. The number of ether oxygens (including phenoxy) is 2. The average molecular weight is 329 g/mol. The molecule has 3 aliphatic rings. The van der Waals surface area contributed by atoms with E-state index in [-0.39, 0.29) is 0 Å². The summed E-state index contributed by atoms with van der Waals surface area (Å²) in [5, 5.41) is 11.0. The highest BCUT2D eigenvalue weighted by Gasteiger charge is 2.32. The van der Waals surface area contributed by atoms with Gasteiger partial charge >= 0.3 is 0 Å². The molecular weight excluding hydrogens is 302 g/mol. The zero-order chi connectivity index (χ0) is 16.5. The van der Waals surface area contributed by atoms with Gasteiger partial charge in [-0.05, 0) is 56.8 Å². The molecule has 1 saturated carbocycles. The lowest BCUT2D eigenvalue weighted by Gasteiger charge is -2.33. The van der Waals surface area contributed by atoms with Crippen LogP contribution in [0.3, 0.4) is 0 Å². The minimum atomic E-state index is 0.458. The molecule has 2 fully saturated rings. The second kappa shape index (κ2) is 6.55. The maximum absolute atomic E-state index is 5.54. The zero-order valence-corrected chi connectivity index (χ0v) is 14.6. The number of nitrogens with one attached hydrogen (secondary N) is 3. The first-order valence-electron chi connectivity index (χ1n) is 9.03. The number of hydrogen-bond donors (Lipinski definition) is 3. The van der Waals surface area contributed by atoms with Crippen molar-refractivity contribution >= 4 is 11.4 Å². The van der Waals surface area contributed by atoms with E-state index in [0.29, 0.717) is 12.1 Å². The first kappa shape index (κ1) is 15.6. The summed E-state index contributed by atoms with van der Waals surface area (Å²) >= 11 is 0. The fourth-order valence-corrected chi connectivity index (χ4v) is 4.21. The largest absolute Gasteiger partial charge is 0.493 e. The van der Waals surface area contributed by atoms with E-state index in [0.717, 1.165) is 30.3 Å². The van der Waals surface area contributed by atoms with Gasteiger partial charge in [0.05, 0.1) is 14.2 Å². The topological polar surface area (TPSA) is 54.6 Å². The summed E-state index contributed by atoms with van der Waals surface area (Å²) in [5.74, 6) is 1.58. The predicted molar refractivity (Wildman–Crippen MR) is 96.8 cm³/mol. The van der Waals surface area contributed by atoms with Gasteiger partial charge in [-0.25, -0.2) is 0 Å². The molecule has 1 saturated heterocycles. The van der Waals surface area contributed by atoms with Crippen molar-refractivity contribution in [1.82, 2.24) is 10.6 Å². The molecule has 1 aromatic rings. The molecule has 0 aromatic heterocycles. The number of benzene rings is 1. The molecule has 130 valence electrons. The quantitative estimate of drug-likeness (QED) is 0.793. The lowest BCUT2D eigenvalue weighted by molar-refractivity contribution is 0.355. The Labute approximate surface area is 143 Å². The normalized spacial score (nSPS) is 23.3. The van der Waals surface area contributed by atoms with Gasteiger partial charge in [0.2, 0.25) is 0 Å². The second-order valence-corrected chi connectivity index (χ2v) is 6.91. The van der Waals surface area contributed by atoms with E-state index in [2.05, 4.69) is 28.1 Å². The highest BCUT2D eigenvalue weighted by atomic mass is 16.5. The Morgan fingerprint density at radius 3 is 2.54 bits per heavy atom. The monoisotopic (exact) mass is 329 g/mol. The van der Waals surface area contributed by atoms with Gasteiger partial charge in [-0.3, -0.25) is 0 Å². The molecule has 5 nitrogen and oxygen atoms in total. The van der Waals surface area contributed by atoms with Crippen LogP contribution in [-0.2, 0) is 0 Å². The smallest absolute Gasteiger partial charge is 0.162 e. The van der Waals surface area contributed by atoms with Crippen LogP contribution in [0.5, 0.6) is 11.5 Å². The Kier molecular flexibility index (Phi) is 4.27. The third-order valence-electron chi connectivity index (χ3n) is 5.49. The molecule has 1 unspecified atom stereocenters. The molecule has 2 heterocycles. The van der Waals surface area contributed by atoms with Crippen molar-refractivity contribution in [2.45, 2.75) is 44.2 Å². The van der Waals surface area contributed by atoms with E-state index in [1.54, 1.807) is 14.2 Å². The number of methoxy groups -OCH3 is 2. The highest BCUT2D eigenvalue weighted by molar-refractivity contribution is 5.84. The number of rotatable bonds is 4. The van der Waals surface area contributed by atoms with Crippen molar-refractivity contribution in [3.63, 3.8) is 0 Å². The second-order valence-electron chi connectivity index (χ2n) is 6.91. The Balaban J connectivity index is 1.74. The third kappa shape index (κ3) is 2.71. The van der Waals surface area contributed by atoms with Crippen LogP contribution in [0, 0.1) is 0 Å². The van der Waals surface area contributed by atoms with Gasteiger partial charge in [0.25, 0.3) is 0 Å². The zero-order valence-electron chi connectivity index (χ0n) is 14.6. The van der Waals surface area contributed by atoms with Crippen molar-refractivity contribution in [3.05, 3.63) is 23.3 Å². The van der Waals surface area contributed by atoms with Gasteiger partial charge in [-0.1, -0.05) is 0 Å². The lowest BCUT2D eigenvalue weighted by atomic mass is 9.94. The molecule has 0 spiro atoms. The molecule has 1 aromatic carbocycles. The van der Waals surface area contributed by atoms with Gasteiger partial charge in [0.1, 0.15) is 0 Å². The first-order valence-corrected chi connectivity index (χ1v) is 9.03. The minimum Gasteiger partial charge on any atom is -0.493 e. The van der Waals surface area contributed by atoms with Crippen LogP contribution in [-0.4, -0.2) is 39.4 Å². The Morgan fingerprint density at radius 1 is 1.04 bits per heavy atom. The van der Waals surface area contributed by atoms with E-state index in [1.807, 2.05) is 0 Å². The van der Waals surface area contributed by atoms with Gasteiger partial charge in [-0.15, -0.1) is 0 Å². The van der Waals surface area contributed by atoms with E-state index < -0.39 is 0 Å². The highest BCUT2D eigenvalue weighted by Crippen LogP contribution is 2.44. The minimum absolute atomic E-state index is 0.458. The standard InChI is InChI=1S/C19H27N3O2/c1-23-17-10-14-16(11-18(17)24-2)22-15-5-3-4-13(15)19(14)21-12-6-8-20-9-7-12/h10-12,15,20-22H,3-9H2,1-2H3. The summed E-state index contributed by atoms with van der Waals surface area (Å²) < 4.78 is 11.0.